The third-order valence-corrected chi connectivity index (χ3v) is 3.43. The maximum atomic E-state index is 10.5. The van der Waals surface area contributed by atoms with Crippen LogP contribution in [0.5, 0.6) is 0 Å². The maximum absolute atomic E-state index is 10.5. The molecular formula is C10H9BrN4O. The van der Waals surface area contributed by atoms with Gasteiger partial charge in [0.2, 0.25) is 6.41 Å². The van der Waals surface area contributed by atoms with Gasteiger partial charge in [0, 0.05) is 0 Å². The number of nitrogens with zero attached hydrogens (tertiary/aromatic N) is 3. The van der Waals surface area contributed by atoms with E-state index in [0.717, 1.165) is 23.1 Å². The minimum atomic E-state index is -0.326. The fourth-order valence-corrected chi connectivity index (χ4v) is 2.16. The summed E-state index contributed by atoms with van der Waals surface area (Å²) in [5, 5.41) is 7.20. The summed E-state index contributed by atoms with van der Waals surface area (Å²) in [4.78, 5) is 15.0. The quantitative estimate of drug-likeness (QED) is 0.680. The van der Waals surface area contributed by atoms with Crippen molar-refractivity contribution in [2.24, 2.45) is 0 Å². The first kappa shape index (κ1) is 9.77. The Morgan fingerprint density at radius 2 is 2.31 bits per heavy atom. The Balaban J connectivity index is 2.12. The molecule has 0 saturated heterocycles. The van der Waals surface area contributed by atoms with Crippen LogP contribution in [0.3, 0.4) is 0 Å². The number of pyridine rings is 1. The molecule has 3 rings (SSSR count). The van der Waals surface area contributed by atoms with Crippen LogP contribution in [0.1, 0.15) is 18.7 Å². The molecule has 0 atom stereocenters. The molecule has 1 aliphatic rings. The lowest BCUT2D eigenvalue weighted by molar-refractivity contribution is -0.110. The molecule has 0 bridgehead atoms. The predicted octanol–water partition coefficient (Wildman–Crippen LogP) is 1.23. The van der Waals surface area contributed by atoms with Crippen LogP contribution in [0.4, 0.5) is 0 Å². The number of fused-ring (bicyclic) bond motifs is 1. The summed E-state index contributed by atoms with van der Waals surface area (Å²) >= 11 is 3.41. The lowest BCUT2D eigenvalue weighted by Gasteiger charge is -2.07. The second-order valence-corrected chi connectivity index (χ2v) is 4.71. The second kappa shape index (κ2) is 3.28. The molecule has 0 radical (unpaired) electrons. The molecule has 16 heavy (non-hydrogen) atoms. The van der Waals surface area contributed by atoms with E-state index in [0.29, 0.717) is 12.2 Å². The van der Waals surface area contributed by atoms with Gasteiger partial charge >= 0.3 is 0 Å². The van der Waals surface area contributed by atoms with Crippen LogP contribution in [0.25, 0.3) is 5.65 Å². The molecule has 1 amide bonds. The Morgan fingerprint density at radius 3 is 2.94 bits per heavy atom. The van der Waals surface area contributed by atoms with E-state index in [9.17, 15) is 4.79 Å². The highest BCUT2D eigenvalue weighted by Gasteiger charge is 2.48. The Morgan fingerprint density at radius 1 is 1.50 bits per heavy atom. The molecule has 5 nitrogen and oxygen atoms in total. The molecule has 1 fully saturated rings. The summed E-state index contributed by atoms with van der Waals surface area (Å²) in [5.74, 6) is 0.687. The second-order valence-electron chi connectivity index (χ2n) is 3.90. The van der Waals surface area contributed by atoms with Crippen molar-refractivity contribution in [2.75, 3.05) is 0 Å². The number of hydrogen-bond acceptors (Lipinski definition) is 3. The average Bonchev–Trinajstić information content (AvgIpc) is 2.91. The van der Waals surface area contributed by atoms with Crippen molar-refractivity contribution in [1.82, 2.24) is 19.9 Å². The van der Waals surface area contributed by atoms with Crippen molar-refractivity contribution in [1.29, 1.82) is 0 Å². The number of carbonyl (C=O) groups excluding carboxylic acids is 1. The Bertz CT molecular complexity index is 561. The van der Waals surface area contributed by atoms with E-state index in [1.165, 1.54) is 0 Å². The highest BCUT2D eigenvalue weighted by Crippen LogP contribution is 2.43. The number of nitrogens with one attached hydrogen (secondary N) is 1. The van der Waals surface area contributed by atoms with Gasteiger partial charge in [0.15, 0.2) is 11.5 Å². The van der Waals surface area contributed by atoms with Gasteiger partial charge in [0.1, 0.15) is 10.1 Å². The van der Waals surface area contributed by atoms with Crippen LogP contribution in [0.2, 0.25) is 0 Å². The summed E-state index contributed by atoms with van der Waals surface area (Å²) in [6.07, 6.45) is 2.52. The predicted molar refractivity (Wildman–Crippen MR) is 60.8 cm³/mol. The third kappa shape index (κ3) is 1.33. The molecule has 82 valence electrons. The SMILES string of the molecule is O=CNC1(c2nc3cccc(Br)n3n2)CC1. The molecule has 2 aromatic heterocycles. The highest BCUT2D eigenvalue weighted by atomic mass is 79.9. The largest absolute Gasteiger partial charge is 0.346 e. The summed E-state index contributed by atoms with van der Waals surface area (Å²) < 4.78 is 2.58. The van der Waals surface area contributed by atoms with E-state index in [1.54, 1.807) is 4.52 Å². The van der Waals surface area contributed by atoms with E-state index in [-0.39, 0.29) is 5.54 Å². The van der Waals surface area contributed by atoms with Gasteiger partial charge in [-0.3, -0.25) is 4.79 Å². The van der Waals surface area contributed by atoms with Gasteiger partial charge in [-0.1, -0.05) is 6.07 Å². The minimum Gasteiger partial charge on any atom is -0.346 e. The lowest BCUT2D eigenvalue weighted by Crippen LogP contribution is -2.28. The number of aromatic nitrogens is 3. The van der Waals surface area contributed by atoms with Gasteiger partial charge in [0.25, 0.3) is 0 Å². The lowest BCUT2D eigenvalue weighted by atomic mass is 10.2. The van der Waals surface area contributed by atoms with E-state index in [4.69, 9.17) is 0 Å². The van der Waals surface area contributed by atoms with Crippen LogP contribution >= 0.6 is 15.9 Å². The van der Waals surface area contributed by atoms with Crippen molar-refractivity contribution in [3.8, 4) is 0 Å². The molecule has 2 aromatic rings. The zero-order valence-electron chi connectivity index (χ0n) is 8.35. The summed E-state index contributed by atoms with van der Waals surface area (Å²) in [6, 6.07) is 5.70. The Labute approximate surface area is 100.0 Å². The van der Waals surface area contributed by atoms with Gasteiger partial charge in [-0.05, 0) is 40.9 Å². The smallest absolute Gasteiger partial charge is 0.207 e. The number of carbonyl (C=O) groups is 1. The third-order valence-electron chi connectivity index (χ3n) is 2.83. The van der Waals surface area contributed by atoms with E-state index >= 15 is 0 Å². The molecule has 6 heteroatoms. The number of rotatable bonds is 3. The Kier molecular flexibility index (Phi) is 2.00. The van der Waals surface area contributed by atoms with Gasteiger partial charge in [-0.15, -0.1) is 5.10 Å². The molecule has 1 saturated carbocycles. The van der Waals surface area contributed by atoms with Crippen molar-refractivity contribution in [3.63, 3.8) is 0 Å². The molecule has 0 aromatic carbocycles. The zero-order chi connectivity index (χ0) is 11.2. The van der Waals surface area contributed by atoms with Crippen LogP contribution < -0.4 is 5.32 Å². The molecule has 0 spiro atoms. The van der Waals surface area contributed by atoms with Crippen LogP contribution in [-0.2, 0) is 10.3 Å². The van der Waals surface area contributed by atoms with Gasteiger partial charge in [-0.25, -0.2) is 9.50 Å². The van der Waals surface area contributed by atoms with Crippen molar-refractivity contribution >= 4 is 28.0 Å². The van der Waals surface area contributed by atoms with E-state index in [2.05, 4.69) is 31.3 Å². The first-order chi connectivity index (χ1) is 7.75. The van der Waals surface area contributed by atoms with Crippen molar-refractivity contribution in [3.05, 3.63) is 28.6 Å². The van der Waals surface area contributed by atoms with Crippen LogP contribution in [0.15, 0.2) is 22.8 Å². The maximum Gasteiger partial charge on any atom is 0.207 e. The van der Waals surface area contributed by atoms with Gasteiger partial charge in [-0.2, -0.15) is 0 Å². The average molecular weight is 281 g/mol. The monoisotopic (exact) mass is 280 g/mol. The summed E-state index contributed by atoms with van der Waals surface area (Å²) in [7, 11) is 0. The normalized spacial score (nSPS) is 17.3. The van der Waals surface area contributed by atoms with E-state index < -0.39 is 0 Å². The van der Waals surface area contributed by atoms with Gasteiger partial charge < -0.3 is 5.32 Å². The molecular weight excluding hydrogens is 272 g/mol. The van der Waals surface area contributed by atoms with Gasteiger partial charge in [0.05, 0.1) is 0 Å². The Hall–Kier alpha value is -1.43. The first-order valence-electron chi connectivity index (χ1n) is 4.98. The number of halogens is 1. The fraction of sp³-hybridized carbons (Fsp3) is 0.300. The summed E-state index contributed by atoms with van der Waals surface area (Å²) in [5.41, 5.74) is 0.455. The summed E-state index contributed by atoms with van der Waals surface area (Å²) in [6.45, 7) is 0. The molecule has 1 aliphatic carbocycles. The van der Waals surface area contributed by atoms with Crippen molar-refractivity contribution in [2.45, 2.75) is 18.4 Å². The molecule has 2 heterocycles. The topological polar surface area (TPSA) is 59.3 Å². The molecule has 1 N–H and O–H groups in total. The van der Waals surface area contributed by atoms with E-state index in [1.807, 2.05) is 18.2 Å². The minimum absolute atomic E-state index is 0.326. The van der Waals surface area contributed by atoms with Crippen LogP contribution in [-0.4, -0.2) is 21.0 Å². The highest BCUT2D eigenvalue weighted by molar-refractivity contribution is 9.10. The zero-order valence-corrected chi connectivity index (χ0v) is 9.94. The number of hydrogen-bond donors (Lipinski definition) is 1. The molecule has 0 aliphatic heterocycles. The van der Waals surface area contributed by atoms with Crippen molar-refractivity contribution < 1.29 is 4.79 Å². The molecule has 0 unspecified atom stereocenters. The van der Waals surface area contributed by atoms with Crippen LogP contribution in [0, 0.1) is 0 Å². The standard InChI is InChI=1S/C10H9BrN4O/c11-7-2-1-3-8-13-9(14-15(7)8)10(4-5-10)12-6-16/h1-3,6H,4-5H2,(H,12,16). The number of amides is 1. The first-order valence-corrected chi connectivity index (χ1v) is 5.78. The fourth-order valence-electron chi connectivity index (χ4n) is 1.75.